The fourth-order valence-corrected chi connectivity index (χ4v) is 2.36. The molecule has 0 N–H and O–H groups in total. The molecule has 1 aromatic carbocycles. The largest absolute Gasteiger partial charge is 0.447 e. The molecule has 2 rings (SSSR count). The van der Waals surface area contributed by atoms with Gasteiger partial charge in [0.15, 0.2) is 0 Å². The van der Waals surface area contributed by atoms with Crippen LogP contribution in [0.1, 0.15) is 31.7 Å². The molecule has 1 saturated heterocycles. The Labute approximate surface area is 113 Å². The van der Waals surface area contributed by atoms with E-state index in [1.165, 1.54) is 4.90 Å². The van der Waals surface area contributed by atoms with E-state index in [0.717, 1.165) is 5.56 Å². The van der Waals surface area contributed by atoms with Crippen LogP contribution in [0.3, 0.4) is 0 Å². The molecule has 2 amide bonds. The van der Waals surface area contributed by atoms with E-state index in [0.29, 0.717) is 25.5 Å². The van der Waals surface area contributed by atoms with Crippen LogP contribution in [0.25, 0.3) is 0 Å². The van der Waals surface area contributed by atoms with Crippen molar-refractivity contribution in [3.63, 3.8) is 0 Å². The molecule has 1 aromatic rings. The number of carbonyl (C=O) groups excluding carboxylic acids is 2. The lowest BCUT2D eigenvalue weighted by Gasteiger charge is -2.22. The summed E-state index contributed by atoms with van der Waals surface area (Å²) in [6.07, 6.45) is -0.169. The molecule has 1 fully saturated rings. The maximum absolute atomic E-state index is 12.2. The molecule has 0 aliphatic carbocycles. The lowest BCUT2D eigenvalue weighted by Crippen LogP contribution is -2.33. The minimum Gasteiger partial charge on any atom is -0.447 e. The van der Waals surface area contributed by atoms with Crippen LogP contribution in [-0.4, -0.2) is 30.1 Å². The Hall–Kier alpha value is -1.84. The van der Waals surface area contributed by atoms with E-state index in [2.05, 4.69) is 13.8 Å². The van der Waals surface area contributed by atoms with Gasteiger partial charge < -0.3 is 4.74 Å². The Morgan fingerprint density at radius 3 is 2.53 bits per heavy atom. The van der Waals surface area contributed by atoms with Crippen molar-refractivity contribution in [2.45, 2.75) is 26.2 Å². The predicted molar refractivity (Wildman–Crippen MR) is 71.7 cm³/mol. The number of hydrogen-bond donors (Lipinski definition) is 0. The highest BCUT2D eigenvalue weighted by atomic mass is 16.6. The number of benzene rings is 1. The molecule has 0 unspecified atom stereocenters. The molecule has 1 heterocycles. The summed E-state index contributed by atoms with van der Waals surface area (Å²) < 4.78 is 4.80. The highest BCUT2D eigenvalue weighted by Crippen LogP contribution is 2.28. The molecule has 0 bridgehead atoms. The quantitative estimate of drug-likeness (QED) is 0.837. The fourth-order valence-electron chi connectivity index (χ4n) is 2.36. The van der Waals surface area contributed by atoms with Gasteiger partial charge in [0.1, 0.15) is 6.61 Å². The summed E-state index contributed by atoms with van der Waals surface area (Å²) in [4.78, 5) is 24.8. The summed E-state index contributed by atoms with van der Waals surface area (Å²) in [6.45, 7) is 4.86. The summed E-state index contributed by atoms with van der Waals surface area (Å²) in [5.74, 6) is 0.317. The first-order chi connectivity index (χ1) is 9.09. The molecular weight excluding hydrogens is 242 g/mol. The third-order valence-corrected chi connectivity index (χ3v) is 3.49. The maximum atomic E-state index is 12.2. The fraction of sp³-hybridized carbons (Fsp3) is 0.467. The number of rotatable bonds is 4. The maximum Gasteiger partial charge on any atom is 0.416 e. The molecule has 0 aromatic heterocycles. The minimum atomic E-state index is -0.513. The molecule has 0 radical (unpaired) electrons. The lowest BCUT2D eigenvalue weighted by molar-refractivity contribution is -0.128. The summed E-state index contributed by atoms with van der Waals surface area (Å²) >= 11 is 0. The SMILES string of the molecule is CC(C)[C@H](CC(=O)N1CCOC1=O)c1ccccc1. The molecule has 1 aliphatic rings. The van der Waals surface area contributed by atoms with Gasteiger partial charge in [-0.1, -0.05) is 44.2 Å². The molecule has 4 heteroatoms. The summed E-state index contributed by atoms with van der Waals surface area (Å²) in [5, 5.41) is 0. The Morgan fingerprint density at radius 2 is 2.00 bits per heavy atom. The van der Waals surface area contributed by atoms with Crippen molar-refractivity contribution in [2.24, 2.45) is 5.92 Å². The second kappa shape index (κ2) is 5.87. The second-order valence-corrected chi connectivity index (χ2v) is 5.13. The zero-order valence-electron chi connectivity index (χ0n) is 11.3. The zero-order chi connectivity index (χ0) is 13.8. The van der Waals surface area contributed by atoms with Gasteiger partial charge in [0, 0.05) is 6.42 Å². The predicted octanol–water partition coefficient (Wildman–Crippen LogP) is 2.80. The van der Waals surface area contributed by atoms with E-state index >= 15 is 0 Å². The molecule has 19 heavy (non-hydrogen) atoms. The number of imide groups is 1. The molecule has 4 nitrogen and oxygen atoms in total. The summed E-state index contributed by atoms with van der Waals surface area (Å²) in [5.41, 5.74) is 1.14. The third kappa shape index (κ3) is 3.13. The van der Waals surface area contributed by atoms with E-state index in [9.17, 15) is 9.59 Å². The lowest BCUT2D eigenvalue weighted by atomic mass is 9.85. The highest BCUT2D eigenvalue weighted by molar-refractivity contribution is 5.93. The molecule has 102 valence electrons. The van der Waals surface area contributed by atoms with Gasteiger partial charge in [-0.15, -0.1) is 0 Å². The first-order valence-electron chi connectivity index (χ1n) is 6.61. The molecule has 1 atom stereocenters. The number of ether oxygens (including phenoxy) is 1. The van der Waals surface area contributed by atoms with Crippen molar-refractivity contribution < 1.29 is 14.3 Å². The van der Waals surface area contributed by atoms with Crippen molar-refractivity contribution >= 4 is 12.0 Å². The molecular formula is C15H19NO3. The number of nitrogens with zero attached hydrogens (tertiary/aromatic N) is 1. The topological polar surface area (TPSA) is 46.6 Å². The monoisotopic (exact) mass is 261 g/mol. The van der Waals surface area contributed by atoms with E-state index in [1.54, 1.807) is 0 Å². The Bertz CT molecular complexity index is 456. The van der Waals surface area contributed by atoms with Gasteiger partial charge in [0.05, 0.1) is 6.54 Å². The first-order valence-corrected chi connectivity index (χ1v) is 6.61. The van der Waals surface area contributed by atoms with Crippen LogP contribution in [0.5, 0.6) is 0 Å². The van der Waals surface area contributed by atoms with E-state index < -0.39 is 6.09 Å². The Balaban J connectivity index is 2.09. The van der Waals surface area contributed by atoms with Crippen molar-refractivity contribution in [3.8, 4) is 0 Å². The number of hydrogen-bond acceptors (Lipinski definition) is 3. The average molecular weight is 261 g/mol. The van der Waals surface area contributed by atoms with Crippen molar-refractivity contribution in [2.75, 3.05) is 13.2 Å². The van der Waals surface area contributed by atoms with Crippen LogP contribution >= 0.6 is 0 Å². The molecule has 0 spiro atoms. The van der Waals surface area contributed by atoms with Crippen molar-refractivity contribution in [1.82, 2.24) is 4.90 Å². The van der Waals surface area contributed by atoms with Crippen molar-refractivity contribution in [3.05, 3.63) is 35.9 Å². The van der Waals surface area contributed by atoms with Crippen LogP contribution in [0.2, 0.25) is 0 Å². The van der Waals surface area contributed by atoms with Gasteiger partial charge in [-0.05, 0) is 17.4 Å². The first kappa shape index (κ1) is 13.6. The minimum absolute atomic E-state index is 0.127. The second-order valence-electron chi connectivity index (χ2n) is 5.13. The van der Waals surface area contributed by atoms with Gasteiger partial charge >= 0.3 is 6.09 Å². The number of cyclic esters (lactones) is 1. The van der Waals surface area contributed by atoms with E-state index in [4.69, 9.17) is 4.74 Å². The van der Waals surface area contributed by atoms with E-state index in [-0.39, 0.29) is 11.8 Å². The summed E-state index contributed by atoms with van der Waals surface area (Å²) in [6, 6.07) is 9.96. The van der Waals surface area contributed by atoms with Crippen LogP contribution < -0.4 is 0 Å². The normalized spacial score (nSPS) is 16.6. The Morgan fingerprint density at radius 1 is 1.32 bits per heavy atom. The van der Waals surface area contributed by atoms with Gasteiger partial charge in [-0.25, -0.2) is 9.69 Å². The molecule has 1 aliphatic heterocycles. The standard InChI is InChI=1S/C15H19NO3/c1-11(2)13(12-6-4-3-5-7-12)10-14(17)16-8-9-19-15(16)18/h3-7,11,13H,8-10H2,1-2H3/t13-/m0/s1. The average Bonchev–Trinajstić information content (AvgIpc) is 2.82. The summed E-state index contributed by atoms with van der Waals surface area (Å²) in [7, 11) is 0. The zero-order valence-corrected chi connectivity index (χ0v) is 11.3. The van der Waals surface area contributed by atoms with Crippen LogP contribution in [0.15, 0.2) is 30.3 Å². The molecule has 0 saturated carbocycles. The highest BCUT2D eigenvalue weighted by Gasteiger charge is 2.30. The van der Waals surface area contributed by atoms with Gasteiger partial charge in [-0.2, -0.15) is 0 Å². The van der Waals surface area contributed by atoms with Gasteiger partial charge in [-0.3, -0.25) is 4.79 Å². The van der Waals surface area contributed by atoms with Gasteiger partial charge in [0.25, 0.3) is 0 Å². The number of carbonyl (C=O) groups is 2. The van der Waals surface area contributed by atoms with Crippen LogP contribution in [-0.2, 0) is 9.53 Å². The smallest absolute Gasteiger partial charge is 0.416 e. The van der Waals surface area contributed by atoms with Crippen LogP contribution in [0.4, 0.5) is 4.79 Å². The van der Waals surface area contributed by atoms with Crippen LogP contribution in [0, 0.1) is 5.92 Å². The van der Waals surface area contributed by atoms with E-state index in [1.807, 2.05) is 30.3 Å². The van der Waals surface area contributed by atoms with Crippen molar-refractivity contribution in [1.29, 1.82) is 0 Å². The number of amides is 2. The Kier molecular flexibility index (Phi) is 4.20. The van der Waals surface area contributed by atoms with Gasteiger partial charge in [0.2, 0.25) is 5.91 Å². The third-order valence-electron chi connectivity index (χ3n) is 3.49.